The number of nitrogens with one attached hydrogen (secondary N) is 2. The van der Waals surface area contributed by atoms with E-state index in [1.807, 2.05) is 11.8 Å². The maximum atomic E-state index is 12.0. The second kappa shape index (κ2) is 5.57. The van der Waals surface area contributed by atoms with Crippen molar-refractivity contribution in [3.05, 3.63) is 22.8 Å². The van der Waals surface area contributed by atoms with Gasteiger partial charge in [-0.3, -0.25) is 4.79 Å². The first-order chi connectivity index (χ1) is 8.20. The fourth-order valence-corrected chi connectivity index (χ4v) is 2.93. The van der Waals surface area contributed by atoms with Gasteiger partial charge in [-0.25, -0.2) is 10.8 Å². The highest BCUT2D eigenvalue weighted by Crippen LogP contribution is 2.19. The van der Waals surface area contributed by atoms with Crippen LogP contribution in [-0.2, 0) is 0 Å². The lowest BCUT2D eigenvalue weighted by molar-refractivity contribution is 0.0936. The molecule has 0 bridgehead atoms. The highest BCUT2D eigenvalue weighted by molar-refractivity contribution is 7.99. The number of carbonyl (C=O) groups is 1. The number of aromatic nitrogens is 1. The summed E-state index contributed by atoms with van der Waals surface area (Å²) in [6.45, 7) is 0. The molecule has 4 N–H and O–H groups in total. The molecule has 1 unspecified atom stereocenters. The van der Waals surface area contributed by atoms with Gasteiger partial charge in [-0.2, -0.15) is 11.8 Å². The predicted molar refractivity (Wildman–Crippen MR) is 70.3 cm³/mol. The molecule has 7 heteroatoms. The third-order valence-electron chi connectivity index (χ3n) is 2.47. The van der Waals surface area contributed by atoms with Gasteiger partial charge in [0.2, 0.25) is 0 Å². The van der Waals surface area contributed by atoms with Crippen molar-refractivity contribution in [1.82, 2.24) is 10.3 Å². The van der Waals surface area contributed by atoms with Crippen molar-refractivity contribution < 1.29 is 4.79 Å². The summed E-state index contributed by atoms with van der Waals surface area (Å²) in [5.74, 6) is 7.43. The van der Waals surface area contributed by atoms with E-state index in [1.165, 1.54) is 0 Å². The van der Waals surface area contributed by atoms with Crippen LogP contribution in [-0.4, -0.2) is 28.4 Å². The lowest BCUT2D eigenvalue weighted by atomic mass is 10.2. The number of hydrogen-bond donors (Lipinski definition) is 3. The topological polar surface area (TPSA) is 80.0 Å². The van der Waals surface area contributed by atoms with E-state index in [-0.39, 0.29) is 17.6 Å². The maximum absolute atomic E-state index is 12.0. The first-order valence-corrected chi connectivity index (χ1v) is 6.75. The average molecular weight is 273 g/mol. The van der Waals surface area contributed by atoms with E-state index in [0.717, 1.165) is 17.9 Å². The number of anilines is 1. The molecule has 17 heavy (non-hydrogen) atoms. The molecule has 1 aromatic rings. The number of amides is 1. The summed E-state index contributed by atoms with van der Waals surface area (Å²) in [5, 5.41) is 3.24. The van der Waals surface area contributed by atoms with Crippen molar-refractivity contribution >= 4 is 35.1 Å². The number of pyridine rings is 1. The van der Waals surface area contributed by atoms with Gasteiger partial charge in [-0.1, -0.05) is 11.6 Å². The number of nitrogens with zero attached hydrogens (tertiary/aromatic N) is 1. The second-order valence-electron chi connectivity index (χ2n) is 3.71. The number of thioether (sulfide) groups is 1. The fraction of sp³-hybridized carbons (Fsp3) is 0.400. The van der Waals surface area contributed by atoms with Gasteiger partial charge >= 0.3 is 0 Å². The molecule has 0 radical (unpaired) electrons. The zero-order chi connectivity index (χ0) is 12.3. The van der Waals surface area contributed by atoms with Gasteiger partial charge in [0.1, 0.15) is 11.5 Å². The molecule has 0 saturated carbocycles. The van der Waals surface area contributed by atoms with Crippen LogP contribution in [0.3, 0.4) is 0 Å². The molecule has 1 saturated heterocycles. The Bertz CT molecular complexity index is 423. The van der Waals surface area contributed by atoms with E-state index in [0.29, 0.717) is 10.8 Å². The summed E-state index contributed by atoms with van der Waals surface area (Å²) < 4.78 is 0. The van der Waals surface area contributed by atoms with Crippen molar-refractivity contribution in [2.75, 3.05) is 16.9 Å². The number of nitrogen functional groups attached to an aromatic ring is 1. The largest absolute Gasteiger partial charge is 0.347 e. The van der Waals surface area contributed by atoms with Crippen LogP contribution < -0.4 is 16.6 Å². The molecule has 1 aliphatic heterocycles. The minimum absolute atomic E-state index is 0.207. The summed E-state index contributed by atoms with van der Waals surface area (Å²) in [6, 6.07) is 3.42. The van der Waals surface area contributed by atoms with Gasteiger partial charge in [0, 0.05) is 11.8 Å². The van der Waals surface area contributed by atoms with E-state index in [4.69, 9.17) is 17.4 Å². The smallest absolute Gasteiger partial charge is 0.271 e. The van der Waals surface area contributed by atoms with Crippen LogP contribution in [0, 0.1) is 0 Å². The van der Waals surface area contributed by atoms with Gasteiger partial charge in [0.05, 0.1) is 5.02 Å². The molecule has 1 amide bonds. The fourth-order valence-electron chi connectivity index (χ4n) is 1.58. The molecular weight excluding hydrogens is 260 g/mol. The quantitative estimate of drug-likeness (QED) is 0.570. The van der Waals surface area contributed by atoms with Crippen molar-refractivity contribution in [3.63, 3.8) is 0 Å². The SMILES string of the molecule is NNc1ccc(Cl)c(C(=O)NC2CCSC2)n1. The summed E-state index contributed by atoms with van der Waals surface area (Å²) in [6.07, 6.45) is 0.989. The average Bonchev–Trinajstić information content (AvgIpc) is 2.82. The maximum Gasteiger partial charge on any atom is 0.271 e. The molecule has 0 aromatic carbocycles. The third-order valence-corrected chi connectivity index (χ3v) is 3.94. The van der Waals surface area contributed by atoms with Gasteiger partial charge < -0.3 is 10.7 Å². The number of hydrazine groups is 1. The molecule has 0 aliphatic carbocycles. The molecule has 92 valence electrons. The second-order valence-corrected chi connectivity index (χ2v) is 5.26. The minimum atomic E-state index is -0.250. The Labute approximate surface area is 108 Å². The number of halogens is 1. The standard InChI is InChI=1S/C10H13ClN4OS/c11-7-1-2-8(15-12)14-9(7)10(16)13-6-3-4-17-5-6/h1-2,6H,3-5,12H2,(H,13,16)(H,14,15). The Morgan fingerprint density at radius 3 is 3.06 bits per heavy atom. The Hall–Kier alpha value is -0.980. The number of rotatable bonds is 3. The first-order valence-electron chi connectivity index (χ1n) is 5.22. The normalized spacial score (nSPS) is 19.1. The monoisotopic (exact) mass is 272 g/mol. The highest BCUT2D eigenvalue weighted by Gasteiger charge is 2.20. The van der Waals surface area contributed by atoms with E-state index in [9.17, 15) is 4.79 Å². The number of carbonyl (C=O) groups excluding carboxylic acids is 1. The number of nitrogens with two attached hydrogens (primary N) is 1. The van der Waals surface area contributed by atoms with E-state index in [2.05, 4.69) is 15.7 Å². The van der Waals surface area contributed by atoms with Crippen molar-refractivity contribution in [3.8, 4) is 0 Å². The molecule has 0 spiro atoms. The predicted octanol–water partition coefficient (Wildman–Crippen LogP) is 1.26. The summed E-state index contributed by atoms with van der Waals surface area (Å²) in [5.41, 5.74) is 2.60. The van der Waals surface area contributed by atoms with Crippen LogP contribution in [0.25, 0.3) is 0 Å². The molecule has 1 aliphatic rings. The molecule has 5 nitrogen and oxygen atoms in total. The van der Waals surface area contributed by atoms with E-state index < -0.39 is 0 Å². The molecule has 1 atom stereocenters. The summed E-state index contributed by atoms with van der Waals surface area (Å²) in [7, 11) is 0. The molecule has 2 heterocycles. The van der Waals surface area contributed by atoms with Gasteiger partial charge in [0.25, 0.3) is 5.91 Å². The van der Waals surface area contributed by atoms with Crippen molar-refractivity contribution in [1.29, 1.82) is 0 Å². The highest BCUT2D eigenvalue weighted by atomic mass is 35.5. The van der Waals surface area contributed by atoms with E-state index >= 15 is 0 Å². The molecular formula is C10H13ClN4OS. The van der Waals surface area contributed by atoms with Crippen LogP contribution in [0.2, 0.25) is 5.02 Å². The van der Waals surface area contributed by atoms with Gasteiger partial charge in [0.15, 0.2) is 0 Å². The van der Waals surface area contributed by atoms with Crippen LogP contribution in [0.4, 0.5) is 5.82 Å². The lowest BCUT2D eigenvalue weighted by Crippen LogP contribution is -2.35. The Morgan fingerprint density at radius 1 is 1.59 bits per heavy atom. The Morgan fingerprint density at radius 2 is 2.41 bits per heavy atom. The minimum Gasteiger partial charge on any atom is -0.347 e. The van der Waals surface area contributed by atoms with Gasteiger partial charge in [-0.05, 0) is 24.3 Å². The third kappa shape index (κ3) is 3.02. The molecule has 1 aromatic heterocycles. The summed E-state index contributed by atoms with van der Waals surface area (Å²) >= 11 is 7.77. The lowest BCUT2D eigenvalue weighted by Gasteiger charge is -2.12. The zero-order valence-electron chi connectivity index (χ0n) is 9.07. The number of hydrogen-bond acceptors (Lipinski definition) is 5. The van der Waals surface area contributed by atoms with Crippen LogP contribution in [0.5, 0.6) is 0 Å². The zero-order valence-corrected chi connectivity index (χ0v) is 10.6. The first kappa shape index (κ1) is 12.5. The molecule has 1 fully saturated rings. The van der Waals surface area contributed by atoms with E-state index in [1.54, 1.807) is 12.1 Å². The summed E-state index contributed by atoms with van der Waals surface area (Å²) in [4.78, 5) is 16.0. The van der Waals surface area contributed by atoms with Gasteiger partial charge in [-0.15, -0.1) is 0 Å². The van der Waals surface area contributed by atoms with Crippen LogP contribution >= 0.6 is 23.4 Å². The Balaban J connectivity index is 2.11. The van der Waals surface area contributed by atoms with Crippen LogP contribution in [0.15, 0.2) is 12.1 Å². The molecule has 2 rings (SSSR count). The van der Waals surface area contributed by atoms with Crippen molar-refractivity contribution in [2.24, 2.45) is 5.84 Å². The van der Waals surface area contributed by atoms with Crippen LogP contribution in [0.1, 0.15) is 16.9 Å². The Kier molecular flexibility index (Phi) is 4.09. The van der Waals surface area contributed by atoms with Crippen molar-refractivity contribution in [2.45, 2.75) is 12.5 Å².